The minimum Gasteiger partial charge on any atom is -0.481 e. The monoisotopic (exact) mass is 333 g/mol. The van der Waals surface area contributed by atoms with Gasteiger partial charge in [-0.25, -0.2) is 0 Å². The summed E-state index contributed by atoms with van der Waals surface area (Å²) in [6.45, 7) is 2.64. The summed E-state index contributed by atoms with van der Waals surface area (Å²) in [7, 11) is 0. The molecule has 1 aromatic rings. The zero-order valence-corrected chi connectivity index (χ0v) is 14.2. The summed E-state index contributed by atoms with van der Waals surface area (Å²) in [5.74, 6) is -0.125. The van der Waals surface area contributed by atoms with Crippen molar-refractivity contribution in [3.05, 3.63) is 35.9 Å². The Balaban J connectivity index is 1.87. The first-order chi connectivity index (χ1) is 11.6. The van der Waals surface area contributed by atoms with Crippen LogP contribution in [0.25, 0.3) is 0 Å². The summed E-state index contributed by atoms with van der Waals surface area (Å²) in [4.78, 5) is 25.1. The van der Waals surface area contributed by atoms with E-state index < -0.39 is 5.97 Å². The van der Waals surface area contributed by atoms with Gasteiger partial charge in [-0.1, -0.05) is 30.3 Å². The van der Waals surface area contributed by atoms with E-state index in [9.17, 15) is 9.59 Å². The third-order valence-electron chi connectivity index (χ3n) is 4.49. The summed E-state index contributed by atoms with van der Waals surface area (Å²) in [6.07, 6.45) is 4.08. The molecule has 2 rings (SSSR count). The molecule has 1 N–H and O–H groups in total. The van der Waals surface area contributed by atoms with Crippen molar-refractivity contribution in [2.75, 3.05) is 19.8 Å². The van der Waals surface area contributed by atoms with Crippen LogP contribution < -0.4 is 0 Å². The molecule has 24 heavy (non-hydrogen) atoms. The largest absolute Gasteiger partial charge is 0.481 e. The van der Waals surface area contributed by atoms with Gasteiger partial charge in [0.1, 0.15) is 0 Å². The second-order valence-electron chi connectivity index (χ2n) is 6.39. The average Bonchev–Trinajstić information content (AvgIpc) is 2.60. The van der Waals surface area contributed by atoms with Gasteiger partial charge in [-0.05, 0) is 37.2 Å². The summed E-state index contributed by atoms with van der Waals surface area (Å²) in [6, 6.07) is 9.85. The zero-order valence-electron chi connectivity index (χ0n) is 14.2. The van der Waals surface area contributed by atoms with Gasteiger partial charge in [0.2, 0.25) is 5.91 Å². The van der Waals surface area contributed by atoms with Gasteiger partial charge in [0.25, 0.3) is 0 Å². The maximum atomic E-state index is 12.6. The highest BCUT2D eigenvalue weighted by Gasteiger charge is 2.19. The molecule has 1 fully saturated rings. The van der Waals surface area contributed by atoms with E-state index in [-0.39, 0.29) is 12.3 Å². The smallest absolute Gasteiger partial charge is 0.303 e. The maximum absolute atomic E-state index is 12.6. The predicted molar refractivity (Wildman–Crippen MR) is 91.5 cm³/mol. The second-order valence-corrected chi connectivity index (χ2v) is 6.39. The molecule has 1 aromatic carbocycles. The number of carbonyl (C=O) groups excluding carboxylic acids is 1. The van der Waals surface area contributed by atoms with Crippen LogP contribution in [-0.4, -0.2) is 41.6 Å². The fraction of sp³-hybridized carbons (Fsp3) is 0.579. The fourth-order valence-corrected chi connectivity index (χ4v) is 3.04. The van der Waals surface area contributed by atoms with E-state index in [1.807, 2.05) is 30.3 Å². The fourth-order valence-electron chi connectivity index (χ4n) is 3.04. The molecule has 0 radical (unpaired) electrons. The van der Waals surface area contributed by atoms with Gasteiger partial charge in [-0.15, -0.1) is 0 Å². The van der Waals surface area contributed by atoms with Crippen molar-refractivity contribution in [1.82, 2.24) is 4.90 Å². The minimum atomic E-state index is -0.815. The molecule has 1 saturated heterocycles. The first-order valence-corrected chi connectivity index (χ1v) is 8.76. The van der Waals surface area contributed by atoms with Crippen LogP contribution in [0.15, 0.2) is 30.3 Å². The van der Waals surface area contributed by atoms with Crippen molar-refractivity contribution in [2.45, 2.75) is 45.1 Å². The van der Waals surface area contributed by atoms with Crippen molar-refractivity contribution in [1.29, 1.82) is 0 Å². The first kappa shape index (κ1) is 18.5. The molecule has 0 atom stereocenters. The lowest BCUT2D eigenvalue weighted by atomic mass is 9.94. The Morgan fingerprint density at radius 1 is 1.12 bits per heavy atom. The number of carboxylic acid groups (broad SMARTS) is 1. The number of hydrogen-bond acceptors (Lipinski definition) is 3. The van der Waals surface area contributed by atoms with Gasteiger partial charge in [0.05, 0.1) is 0 Å². The molecular weight excluding hydrogens is 306 g/mol. The van der Waals surface area contributed by atoms with Gasteiger partial charge in [0, 0.05) is 39.1 Å². The van der Waals surface area contributed by atoms with Crippen LogP contribution in [0.1, 0.15) is 44.1 Å². The SMILES string of the molecule is O=C(O)CCCN(Cc1ccccc1)C(=O)CCC1CCOCC1. The molecule has 1 aliphatic heterocycles. The molecule has 0 aromatic heterocycles. The lowest BCUT2D eigenvalue weighted by Gasteiger charge is -2.25. The zero-order chi connectivity index (χ0) is 17.2. The molecule has 1 aliphatic rings. The summed E-state index contributed by atoms with van der Waals surface area (Å²) in [5, 5.41) is 8.81. The van der Waals surface area contributed by atoms with Crippen LogP contribution in [-0.2, 0) is 20.9 Å². The molecule has 0 saturated carbocycles. The molecule has 1 heterocycles. The average molecular weight is 333 g/mol. The molecule has 5 nitrogen and oxygen atoms in total. The number of amides is 1. The third-order valence-corrected chi connectivity index (χ3v) is 4.49. The van der Waals surface area contributed by atoms with Crippen LogP contribution in [0.5, 0.6) is 0 Å². The van der Waals surface area contributed by atoms with Crippen LogP contribution in [0, 0.1) is 5.92 Å². The quantitative estimate of drug-likeness (QED) is 0.754. The molecule has 0 unspecified atom stereocenters. The molecule has 132 valence electrons. The number of carbonyl (C=O) groups is 2. The Labute approximate surface area is 143 Å². The number of hydrogen-bond donors (Lipinski definition) is 1. The predicted octanol–water partition coefficient (Wildman–Crippen LogP) is 3.09. The van der Waals surface area contributed by atoms with Gasteiger partial charge in [-0.2, -0.15) is 0 Å². The van der Waals surface area contributed by atoms with Gasteiger partial charge >= 0.3 is 5.97 Å². The Morgan fingerprint density at radius 2 is 1.83 bits per heavy atom. The highest BCUT2D eigenvalue weighted by Crippen LogP contribution is 2.21. The van der Waals surface area contributed by atoms with E-state index in [1.54, 1.807) is 4.90 Å². The second kappa shape index (κ2) is 10.1. The van der Waals surface area contributed by atoms with E-state index in [1.165, 1.54) is 0 Å². The number of ether oxygens (including phenoxy) is 1. The van der Waals surface area contributed by atoms with Gasteiger partial charge < -0.3 is 14.7 Å². The number of nitrogens with zero attached hydrogens (tertiary/aromatic N) is 1. The normalized spacial score (nSPS) is 15.2. The van der Waals surface area contributed by atoms with Crippen LogP contribution in [0.4, 0.5) is 0 Å². The molecule has 0 bridgehead atoms. The topological polar surface area (TPSA) is 66.8 Å². The standard InChI is InChI=1S/C19H27NO4/c21-18(9-8-16-10-13-24-14-11-16)20(12-4-7-19(22)23)15-17-5-2-1-3-6-17/h1-3,5-6,16H,4,7-15H2,(H,22,23). The van der Waals surface area contributed by atoms with E-state index >= 15 is 0 Å². The maximum Gasteiger partial charge on any atom is 0.303 e. The summed E-state index contributed by atoms with van der Waals surface area (Å²) >= 11 is 0. The van der Waals surface area contributed by atoms with Crippen LogP contribution in [0.3, 0.4) is 0 Å². The van der Waals surface area contributed by atoms with Gasteiger partial charge in [-0.3, -0.25) is 9.59 Å². The molecule has 5 heteroatoms. The highest BCUT2D eigenvalue weighted by atomic mass is 16.5. The number of rotatable bonds is 9. The Bertz CT molecular complexity index is 511. The molecule has 0 aliphatic carbocycles. The molecule has 0 spiro atoms. The Hall–Kier alpha value is -1.88. The third kappa shape index (κ3) is 6.71. The number of carboxylic acids is 1. The lowest BCUT2D eigenvalue weighted by molar-refractivity contribution is -0.138. The highest BCUT2D eigenvalue weighted by molar-refractivity contribution is 5.76. The molecule has 1 amide bonds. The van der Waals surface area contributed by atoms with E-state index in [0.29, 0.717) is 31.8 Å². The van der Waals surface area contributed by atoms with Gasteiger partial charge in [0.15, 0.2) is 0 Å². The van der Waals surface area contributed by atoms with Crippen LogP contribution in [0.2, 0.25) is 0 Å². The van der Waals surface area contributed by atoms with Crippen molar-refractivity contribution in [2.24, 2.45) is 5.92 Å². The van der Waals surface area contributed by atoms with Crippen molar-refractivity contribution in [3.8, 4) is 0 Å². The van der Waals surface area contributed by atoms with Crippen LogP contribution >= 0.6 is 0 Å². The number of aliphatic carboxylic acids is 1. The minimum absolute atomic E-state index is 0.0958. The first-order valence-electron chi connectivity index (χ1n) is 8.76. The van der Waals surface area contributed by atoms with Crippen molar-refractivity contribution < 1.29 is 19.4 Å². The summed E-state index contributed by atoms with van der Waals surface area (Å²) in [5.41, 5.74) is 1.08. The van der Waals surface area contributed by atoms with Crippen molar-refractivity contribution in [3.63, 3.8) is 0 Å². The Kier molecular flexibility index (Phi) is 7.75. The van der Waals surface area contributed by atoms with E-state index in [4.69, 9.17) is 9.84 Å². The van der Waals surface area contributed by atoms with E-state index in [0.717, 1.165) is 38.0 Å². The Morgan fingerprint density at radius 3 is 2.50 bits per heavy atom. The van der Waals surface area contributed by atoms with E-state index in [2.05, 4.69) is 0 Å². The summed E-state index contributed by atoms with van der Waals surface area (Å²) < 4.78 is 5.36. The molecular formula is C19H27NO4. The lowest BCUT2D eigenvalue weighted by Crippen LogP contribution is -2.32. The number of benzene rings is 1. The van der Waals surface area contributed by atoms with Crippen molar-refractivity contribution >= 4 is 11.9 Å².